The molecule has 0 atom stereocenters. The zero-order valence-corrected chi connectivity index (χ0v) is 14.4. The first-order chi connectivity index (χ1) is 8.13. The Bertz CT molecular complexity index is 564. The number of likely N-dealkylation sites (N-methyl/N-ethyl adjacent to an activating group) is 1. The van der Waals surface area contributed by atoms with Crippen LogP contribution in [-0.2, 0) is 32.7 Å². The number of allylic oxidation sites excluding steroid dienone is 3. The average Bonchev–Trinajstić information content (AvgIpc) is 2.36. The fourth-order valence-electron chi connectivity index (χ4n) is 1.59. The number of hydrogen-bond donors (Lipinski definition) is 0. The number of halogens is 1. The second-order valence-electron chi connectivity index (χ2n) is 3.68. The maximum absolute atomic E-state index is 8.75. The average molecular weight is 375 g/mol. The van der Waals surface area contributed by atoms with Gasteiger partial charge in [0, 0.05) is 45.3 Å². The maximum atomic E-state index is 8.75. The molecule has 0 spiro atoms. The van der Waals surface area contributed by atoms with Crippen molar-refractivity contribution in [3.8, 4) is 6.07 Å². The Hall–Kier alpha value is -0.686. The van der Waals surface area contributed by atoms with Crippen molar-refractivity contribution in [3.05, 3.63) is 64.3 Å². The Morgan fingerprint density at radius 3 is 2.50 bits per heavy atom. The van der Waals surface area contributed by atoms with Crippen LogP contribution in [0.25, 0.3) is 5.70 Å². The number of hydrogen-bond acceptors (Lipinski definition) is 2. The monoisotopic (exact) mass is 374 g/mol. The van der Waals surface area contributed by atoms with E-state index in [1.807, 2.05) is 30.2 Å². The van der Waals surface area contributed by atoms with E-state index in [9.17, 15) is 0 Å². The number of nitriles is 1. The molecule has 1 heterocycles. The third kappa shape index (κ3) is 3.00. The summed E-state index contributed by atoms with van der Waals surface area (Å²) < 4.78 is 0.928. The molecule has 1 aromatic rings. The van der Waals surface area contributed by atoms with E-state index in [0.717, 1.165) is 21.4 Å². The summed E-state index contributed by atoms with van der Waals surface area (Å²) in [5.41, 5.74) is 3.51. The molecule has 0 saturated carbocycles. The molecule has 4 heteroatoms. The molecule has 0 saturated heterocycles. The molecule has 0 amide bonds. The molecule has 0 N–H and O–H groups in total. The van der Waals surface area contributed by atoms with Crippen LogP contribution in [0, 0.1) is 17.4 Å². The van der Waals surface area contributed by atoms with Crippen LogP contribution in [0.4, 0.5) is 0 Å². The Morgan fingerprint density at radius 2 is 1.94 bits per heavy atom. The maximum Gasteiger partial charge on any atom is 0.0990 e. The minimum Gasteiger partial charge on any atom is -0.378 e. The van der Waals surface area contributed by atoms with Crippen LogP contribution in [0.5, 0.6) is 0 Å². The van der Waals surface area contributed by atoms with E-state index in [0.29, 0.717) is 5.56 Å². The van der Waals surface area contributed by atoms with E-state index < -0.39 is 0 Å². The summed E-state index contributed by atoms with van der Waals surface area (Å²) >= 11 is 3.42. The van der Waals surface area contributed by atoms with Gasteiger partial charge in [-0.25, -0.2) is 0 Å². The topological polar surface area (TPSA) is 27.0 Å². The number of benzene rings is 1. The Labute approximate surface area is 141 Å². The van der Waals surface area contributed by atoms with Crippen LogP contribution in [0.15, 0.2) is 47.1 Å². The third-order valence-electron chi connectivity index (χ3n) is 2.64. The van der Waals surface area contributed by atoms with E-state index in [1.54, 1.807) is 12.1 Å². The first-order valence-corrected chi connectivity index (χ1v) is 5.85. The van der Waals surface area contributed by atoms with Gasteiger partial charge in [0.25, 0.3) is 0 Å². The van der Waals surface area contributed by atoms with Crippen LogP contribution in [0.2, 0.25) is 0 Å². The molecule has 0 unspecified atom stereocenters. The molecule has 2 rings (SSSR count). The first kappa shape index (κ1) is 15.4. The van der Waals surface area contributed by atoms with Gasteiger partial charge >= 0.3 is 0 Å². The fourth-order valence-corrected chi connectivity index (χ4v) is 1.97. The smallest absolute Gasteiger partial charge is 0.0990 e. The zero-order valence-electron chi connectivity index (χ0n) is 9.94. The molecule has 1 radical (unpaired) electrons. The van der Waals surface area contributed by atoms with Crippen molar-refractivity contribution in [3.63, 3.8) is 0 Å². The molecule has 18 heavy (non-hydrogen) atoms. The second-order valence-corrected chi connectivity index (χ2v) is 4.53. The standard InChI is InChI=1S/C14H10BrN2.Y/c1-10-13(15)7-8-14(17(10)2)12-5-3-11(9-16)4-6-12;/h3-7H,1H2,2H3;/q-1;. The summed E-state index contributed by atoms with van der Waals surface area (Å²) in [5.74, 6) is 0. The van der Waals surface area contributed by atoms with Crippen LogP contribution >= 0.6 is 15.9 Å². The summed E-state index contributed by atoms with van der Waals surface area (Å²) in [6, 6.07) is 9.53. The first-order valence-electron chi connectivity index (χ1n) is 5.06. The Balaban J connectivity index is 0.00000162. The largest absolute Gasteiger partial charge is 0.378 e. The van der Waals surface area contributed by atoms with Gasteiger partial charge in [-0.2, -0.15) is 17.4 Å². The molecular weight excluding hydrogens is 365 g/mol. The van der Waals surface area contributed by atoms with Gasteiger partial charge < -0.3 is 4.90 Å². The fraction of sp³-hybridized carbons (Fsp3) is 0.0714. The number of nitrogens with zero attached hydrogens (tertiary/aromatic N) is 2. The predicted molar refractivity (Wildman–Crippen MR) is 71.7 cm³/mol. The summed E-state index contributed by atoms with van der Waals surface area (Å²) in [7, 11) is 1.94. The van der Waals surface area contributed by atoms with Gasteiger partial charge in [-0.05, 0) is 5.70 Å². The van der Waals surface area contributed by atoms with Crippen molar-refractivity contribution in [1.29, 1.82) is 5.26 Å². The van der Waals surface area contributed by atoms with Gasteiger partial charge in [-0.1, -0.05) is 34.5 Å². The minimum absolute atomic E-state index is 0. The summed E-state index contributed by atoms with van der Waals surface area (Å²) in [4.78, 5) is 1.96. The van der Waals surface area contributed by atoms with Gasteiger partial charge in [0.1, 0.15) is 0 Å². The summed E-state index contributed by atoms with van der Waals surface area (Å²) in [6.45, 7) is 3.98. The van der Waals surface area contributed by atoms with Gasteiger partial charge in [-0.3, -0.25) is 0 Å². The van der Waals surface area contributed by atoms with Crippen LogP contribution < -0.4 is 0 Å². The molecule has 0 fully saturated rings. The van der Waals surface area contributed by atoms with E-state index in [1.165, 1.54) is 0 Å². The summed E-state index contributed by atoms with van der Waals surface area (Å²) in [5, 5.41) is 8.75. The second kappa shape index (κ2) is 6.47. The van der Waals surface area contributed by atoms with E-state index in [4.69, 9.17) is 5.26 Å². The van der Waals surface area contributed by atoms with Gasteiger partial charge in [0.15, 0.2) is 0 Å². The van der Waals surface area contributed by atoms with Crippen molar-refractivity contribution in [2.24, 2.45) is 0 Å². The molecular formula is C14H10BrN2Y-. The molecule has 2 nitrogen and oxygen atoms in total. The summed E-state index contributed by atoms with van der Waals surface area (Å²) in [6.07, 6.45) is 5.05. The van der Waals surface area contributed by atoms with Crippen LogP contribution in [0.3, 0.4) is 0 Å². The Morgan fingerprint density at radius 1 is 1.33 bits per heavy atom. The van der Waals surface area contributed by atoms with Crippen LogP contribution in [0.1, 0.15) is 11.1 Å². The molecule has 1 aliphatic rings. The van der Waals surface area contributed by atoms with E-state index in [-0.39, 0.29) is 32.7 Å². The van der Waals surface area contributed by atoms with Crippen molar-refractivity contribution in [1.82, 2.24) is 4.90 Å². The minimum atomic E-state index is 0. The molecule has 1 aromatic carbocycles. The number of rotatable bonds is 1. The zero-order chi connectivity index (χ0) is 12.4. The molecule has 1 aliphatic heterocycles. The van der Waals surface area contributed by atoms with Crippen molar-refractivity contribution >= 4 is 21.6 Å². The van der Waals surface area contributed by atoms with Crippen LogP contribution in [-0.4, -0.2) is 11.9 Å². The van der Waals surface area contributed by atoms with Crippen molar-refractivity contribution < 1.29 is 32.7 Å². The van der Waals surface area contributed by atoms with Crippen molar-refractivity contribution in [2.75, 3.05) is 7.05 Å². The quantitative estimate of drug-likeness (QED) is 0.704. The SMILES string of the molecule is C=C1C(Br)=C[C-]=C(c2ccc(C#N)cc2)N1C.[Y]. The molecule has 0 aliphatic carbocycles. The van der Waals surface area contributed by atoms with E-state index >= 15 is 0 Å². The Kier molecular flexibility index (Phi) is 5.53. The predicted octanol–water partition coefficient (Wildman–Crippen LogP) is 3.44. The van der Waals surface area contributed by atoms with Gasteiger partial charge in [-0.15, -0.1) is 28.1 Å². The van der Waals surface area contributed by atoms with Crippen molar-refractivity contribution in [2.45, 2.75) is 0 Å². The van der Waals surface area contributed by atoms with Gasteiger partial charge in [0.2, 0.25) is 0 Å². The normalized spacial score (nSPS) is 14.3. The van der Waals surface area contributed by atoms with E-state index in [2.05, 4.69) is 34.7 Å². The molecule has 0 aromatic heterocycles. The molecule has 87 valence electrons. The third-order valence-corrected chi connectivity index (χ3v) is 3.33. The van der Waals surface area contributed by atoms with Gasteiger partial charge in [0.05, 0.1) is 6.07 Å². The molecule has 0 bridgehead atoms.